The second-order valence-corrected chi connectivity index (χ2v) is 5.46. The van der Waals surface area contributed by atoms with Crippen LogP contribution in [0.2, 0.25) is 0 Å². The maximum absolute atomic E-state index is 11.6. The number of hydrogen-bond acceptors (Lipinski definition) is 2. The molecule has 0 aliphatic rings. The van der Waals surface area contributed by atoms with Crippen LogP contribution < -0.4 is 5.32 Å². The van der Waals surface area contributed by atoms with Gasteiger partial charge in [-0.05, 0) is 23.9 Å². The van der Waals surface area contributed by atoms with E-state index in [1.54, 1.807) is 11.3 Å². The number of thiophene rings is 1. The largest absolute Gasteiger partial charge is 0.351 e. The second kappa shape index (κ2) is 4.13. The fraction of sp³-hybridized carbons (Fsp3) is 0.545. The van der Waals surface area contributed by atoms with Gasteiger partial charge in [0, 0.05) is 10.3 Å². The minimum atomic E-state index is -0.300. The minimum absolute atomic E-state index is 0.102. The molecule has 0 saturated carbocycles. The number of rotatable bonds is 2. The van der Waals surface area contributed by atoms with Crippen molar-refractivity contribution < 1.29 is 4.79 Å². The molecule has 14 heavy (non-hydrogen) atoms. The normalized spacial score (nSPS) is 11.4. The van der Waals surface area contributed by atoms with E-state index in [0.29, 0.717) is 6.54 Å². The lowest BCUT2D eigenvalue weighted by atomic mass is 9.96. The van der Waals surface area contributed by atoms with Crippen molar-refractivity contribution in [2.24, 2.45) is 5.41 Å². The highest BCUT2D eigenvalue weighted by atomic mass is 32.1. The molecule has 1 rings (SSSR count). The van der Waals surface area contributed by atoms with Gasteiger partial charge in [0.15, 0.2) is 0 Å². The molecule has 0 unspecified atom stereocenters. The summed E-state index contributed by atoms with van der Waals surface area (Å²) in [6.45, 7) is 8.48. The quantitative estimate of drug-likeness (QED) is 0.800. The van der Waals surface area contributed by atoms with E-state index in [1.165, 1.54) is 10.4 Å². The van der Waals surface area contributed by atoms with Crippen LogP contribution in [0.15, 0.2) is 11.4 Å². The Morgan fingerprint density at radius 3 is 2.57 bits per heavy atom. The molecule has 2 nitrogen and oxygen atoms in total. The van der Waals surface area contributed by atoms with Crippen molar-refractivity contribution in [3.63, 3.8) is 0 Å². The molecule has 0 saturated heterocycles. The summed E-state index contributed by atoms with van der Waals surface area (Å²) in [6.07, 6.45) is 0. The molecule has 0 radical (unpaired) electrons. The number of carbonyl (C=O) groups is 1. The zero-order chi connectivity index (χ0) is 10.8. The summed E-state index contributed by atoms with van der Waals surface area (Å²) >= 11 is 1.69. The molecule has 3 heteroatoms. The van der Waals surface area contributed by atoms with Crippen molar-refractivity contribution in [2.75, 3.05) is 0 Å². The van der Waals surface area contributed by atoms with Crippen LogP contribution in [0.1, 0.15) is 31.2 Å². The Bertz CT molecular complexity index is 322. The molecule has 1 aromatic rings. The molecule has 0 spiro atoms. The second-order valence-electron chi connectivity index (χ2n) is 4.46. The Labute approximate surface area is 89.3 Å². The van der Waals surface area contributed by atoms with E-state index in [0.717, 1.165) is 0 Å². The zero-order valence-corrected chi connectivity index (χ0v) is 9.99. The lowest BCUT2D eigenvalue weighted by Crippen LogP contribution is -2.34. The molecule has 0 aliphatic carbocycles. The van der Waals surface area contributed by atoms with Gasteiger partial charge in [-0.1, -0.05) is 20.8 Å². The monoisotopic (exact) mass is 211 g/mol. The van der Waals surface area contributed by atoms with Crippen molar-refractivity contribution >= 4 is 17.2 Å². The Hall–Kier alpha value is -0.830. The molecule has 1 N–H and O–H groups in total. The highest BCUT2D eigenvalue weighted by Crippen LogP contribution is 2.17. The van der Waals surface area contributed by atoms with Crippen LogP contribution in [0.5, 0.6) is 0 Å². The fourth-order valence-electron chi connectivity index (χ4n) is 1.01. The third kappa shape index (κ3) is 2.84. The van der Waals surface area contributed by atoms with Gasteiger partial charge < -0.3 is 5.32 Å². The standard InChI is InChI=1S/C11H17NOS/c1-8-5-6-14-9(8)7-12-10(13)11(2,3)4/h5-6H,7H2,1-4H3,(H,12,13). The molecule has 0 atom stereocenters. The number of aryl methyl sites for hydroxylation is 1. The van der Waals surface area contributed by atoms with Gasteiger partial charge in [-0.15, -0.1) is 11.3 Å². The van der Waals surface area contributed by atoms with E-state index in [1.807, 2.05) is 26.2 Å². The molecule has 1 heterocycles. The first kappa shape index (κ1) is 11.2. The molecular formula is C11H17NOS. The summed E-state index contributed by atoms with van der Waals surface area (Å²) < 4.78 is 0. The third-order valence-corrected chi connectivity index (χ3v) is 3.08. The minimum Gasteiger partial charge on any atom is -0.351 e. The Kier molecular flexibility index (Phi) is 3.32. The highest BCUT2D eigenvalue weighted by molar-refractivity contribution is 7.10. The predicted octanol–water partition coefficient (Wildman–Crippen LogP) is 2.72. The molecule has 0 bridgehead atoms. The van der Waals surface area contributed by atoms with Gasteiger partial charge in [0.25, 0.3) is 0 Å². The lowest BCUT2D eigenvalue weighted by molar-refractivity contribution is -0.128. The van der Waals surface area contributed by atoms with Crippen LogP contribution in [0.3, 0.4) is 0 Å². The summed E-state index contributed by atoms with van der Waals surface area (Å²) in [5.74, 6) is 0.102. The molecule has 1 aromatic heterocycles. The summed E-state index contributed by atoms with van der Waals surface area (Å²) in [5, 5.41) is 4.99. The van der Waals surface area contributed by atoms with Crippen LogP contribution in [-0.4, -0.2) is 5.91 Å². The highest BCUT2D eigenvalue weighted by Gasteiger charge is 2.20. The van der Waals surface area contributed by atoms with Crippen LogP contribution in [-0.2, 0) is 11.3 Å². The molecule has 78 valence electrons. The number of carbonyl (C=O) groups excluding carboxylic acids is 1. The number of nitrogens with one attached hydrogen (secondary N) is 1. The van der Waals surface area contributed by atoms with E-state index in [2.05, 4.69) is 18.3 Å². The SMILES string of the molecule is Cc1ccsc1CNC(=O)C(C)(C)C. The molecule has 0 aromatic carbocycles. The van der Waals surface area contributed by atoms with Crippen molar-refractivity contribution in [3.8, 4) is 0 Å². The van der Waals surface area contributed by atoms with Gasteiger partial charge in [0.2, 0.25) is 5.91 Å². The molecule has 1 amide bonds. The fourth-order valence-corrected chi connectivity index (χ4v) is 1.86. The van der Waals surface area contributed by atoms with E-state index in [9.17, 15) is 4.79 Å². The predicted molar refractivity (Wildman–Crippen MR) is 60.4 cm³/mol. The summed E-state index contributed by atoms with van der Waals surface area (Å²) in [7, 11) is 0. The topological polar surface area (TPSA) is 29.1 Å². The first-order valence-electron chi connectivity index (χ1n) is 4.72. The first-order chi connectivity index (χ1) is 6.41. The van der Waals surface area contributed by atoms with Crippen molar-refractivity contribution in [1.29, 1.82) is 0 Å². The summed E-state index contributed by atoms with van der Waals surface area (Å²) in [6, 6.07) is 2.07. The Morgan fingerprint density at radius 1 is 1.50 bits per heavy atom. The Balaban J connectivity index is 2.50. The number of amides is 1. The van der Waals surface area contributed by atoms with Gasteiger partial charge >= 0.3 is 0 Å². The maximum Gasteiger partial charge on any atom is 0.225 e. The number of hydrogen-bond donors (Lipinski definition) is 1. The van der Waals surface area contributed by atoms with E-state index in [-0.39, 0.29) is 11.3 Å². The van der Waals surface area contributed by atoms with Crippen LogP contribution in [0.4, 0.5) is 0 Å². The van der Waals surface area contributed by atoms with Gasteiger partial charge in [-0.2, -0.15) is 0 Å². The maximum atomic E-state index is 11.6. The van der Waals surface area contributed by atoms with E-state index >= 15 is 0 Å². The molecule has 0 fully saturated rings. The van der Waals surface area contributed by atoms with Crippen LogP contribution in [0.25, 0.3) is 0 Å². The average Bonchev–Trinajstić information content (AvgIpc) is 2.45. The van der Waals surface area contributed by atoms with Crippen LogP contribution in [0, 0.1) is 12.3 Å². The van der Waals surface area contributed by atoms with Crippen LogP contribution >= 0.6 is 11.3 Å². The molecular weight excluding hydrogens is 194 g/mol. The van der Waals surface area contributed by atoms with E-state index < -0.39 is 0 Å². The van der Waals surface area contributed by atoms with E-state index in [4.69, 9.17) is 0 Å². The summed E-state index contributed by atoms with van der Waals surface area (Å²) in [4.78, 5) is 12.8. The van der Waals surface area contributed by atoms with Gasteiger partial charge in [0.05, 0.1) is 6.54 Å². The average molecular weight is 211 g/mol. The first-order valence-corrected chi connectivity index (χ1v) is 5.60. The lowest BCUT2D eigenvalue weighted by Gasteiger charge is -2.17. The van der Waals surface area contributed by atoms with Crippen molar-refractivity contribution in [3.05, 3.63) is 21.9 Å². The van der Waals surface area contributed by atoms with Crippen molar-refractivity contribution in [2.45, 2.75) is 34.2 Å². The van der Waals surface area contributed by atoms with Gasteiger partial charge in [-0.3, -0.25) is 4.79 Å². The zero-order valence-electron chi connectivity index (χ0n) is 9.18. The smallest absolute Gasteiger partial charge is 0.225 e. The van der Waals surface area contributed by atoms with Gasteiger partial charge in [-0.25, -0.2) is 0 Å². The van der Waals surface area contributed by atoms with Crippen molar-refractivity contribution in [1.82, 2.24) is 5.32 Å². The Morgan fingerprint density at radius 2 is 2.14 bits per heavy atom. The summed E-state index contributed by atoms with van der Waals surface area (Å²) in [5.41, 5.74) is 0.953. The molecule has 0 aliphatic heterocycles. The third-order valence-electron chi connectivity index (χ3n) is 2.06. The van der Waals surface area contributed by atoms with Gasteiger partial charge in [0.1, 0.15) is 0 Å².